The molecule has 0 fully saturated rings. The van der Waals surface area contributed by atoms with E-state index >= 15 is 0 Å². The van der Waals surface area contributed by atoms with E-state index in [0.717, 1.165) is 24.3 Å². The van der Waals surface area contributed by atoms with E-state index in [4.69, 9.17) is 4.84 Å². The average molecular weight is 146 g/mol. The summed E-state index contributed by atoms with van der Waals surface area (Å²) in [5.74, 6) is 0. The summed E-state index contributed by atoms with van der Waals surface area (Å²) in [4.78, 5) is 5.56. The molecule has 2 heteroatoms. The summed E-state index contributed by atoms with van der Waals surface area (Å²) >= 11 is 0. The van der Waals surface area contributed by atoms with Crippen molar-refractivity contribution in [2.24, 2.45) is 0 Å². The molecule has 0 aromatic heterocycles. The van der Waals surface area contributed by atoms with Crippen LogP contribution in [-0.4, -0.2) is 31.4 Å². The molecule has 0 radical (unpaired) electrons. The molecule has 0 bridgehead atoms. The van der Waals surface area contributed by atoms with Gasteiger partial charge in [-0.3, -0.25) is 0 Å². The van der Waals surface area contributed by atoms with Crippen molar-refractivity contribution in [2.75, 3.05) is 26.7 Å². The van der Waals surface area contributed by atoms with Gasteiger partial charge in [0.2, 0.25) is 0 Å². The molecule has 0 heterocycles. The van der Waals surface area contributed by atoms with Gasteiger partial charge in [0.15, 0.2) is 0 Å². The second-order valence-electron chi connectivity index (χ2n) is 2.75. The molecule has 1 unspecified atom stereocenters. The Bertz CT molecular complexity index is 77.3. The predicted molar refractivity (Wildman–Crippen MR) is 43.5 cm³/mol. The number of nitrogens with zero attached hydrogens (tertiary/aromatic N) is 1. The maximum Gasteiger partial charge on any atom is 0.108 e. The van der Waals surface area contributed by atoms with E-state index in [1.807, 2.05) is 6.92 Å². The zero-order valence-corrected chi connectivity index (χ0v) is 7.68. The number of hydrogen-bond donors (Lipinski definition) is 0. The van der Waals surface area contributed by atoms with E-state index < -0.39 is 0 Å². The Morgan fingerprint density at radius 3 is 2.10 bits per heavy atom. The predicted octanol–water partition coefficient (Wildman–Crippen LogP) is 1.81. The smallest absolute Gasteiger partial charge is 0.108 e. The van der Waals surface area contributed by atoms with Gasteiger partial charge in [-0.2, -0.15) is 4.65 Å². The lowest BCUT2D eigenvalue weighted by atomic mass is 10.4. The van der Waals surface area contributed by atoms with Crippen LogP contribution in [0.1, 0.15) is 27.2 Å². The van der Waals surface area contributed by atoms with Gasteiger partial charge in [0.1, 0.15) is 19.7 Å². The molecule has 62 valence electrons. The van der Waals surface area contributed by atoms with Crippen molar-refractivity contribution in [1.82, 2.24) is 0 Å². The van der Waals surface area contributed by atoms with E-state index in [9.17, 15) is 0 Å². The van der Waals surface area contributed by atoms with Gasteiger partial charge in [0.25, 0.3) is 0 Å². The molecular weight excluding hydrogens is 126 g/mol. The minimum atomic E-state index is 0.757. The Labute approximate surface area is 64.3 Å². The average Bonchev–Trinajstić information content (AvgIpc) is 1.89. The largest absolute Gasteiger partial charge is 0.203 e. The van der Waals surface area contributed by atoms with Crippen LogP contribution in [0.25, 0.3) is 0 Å². The van der Waals surface area contributed by atoms with Gasteiger partial charge in [-0.05, 0) is 20.3 Å². The summed E-state index contributed by atoms with van der Waals surface area (Å²) in [6.45, 7) is 9.37. The third-order valence-corrected chi connectivity index (χ3v) is 1.81. The second kappa shape index (κ2) is 4.69. The molecule has 0 amide bonds. The van der Waals surface area contributed by atoms with Gasteiger partial charge >= 0.3 is 0 Å². The van der Waals surface area contributed by atoms with Crippen molar-refractivity contribution in [1.29, 1.82) is 0 Å². The molecule has 0 aliphatic carbocycles. The summed E-state index contributed by atoms with van der Waals surface area (Å²) in [7, 11) is 2.13. The topological polar surface area (TPSA) is 9.23 Å². The fourth-order valence-corrected chi connectivity index (χ4v) is 1.10. The quantitative estimate of drug-likeness (QED) is 0.424. The molecule has 0 N–H and O–H groups in total. The summed E-state index contributed by atoms with van der Waals surface area (Å²) in [6, 6.07) is 0. The second-order valence-corrected chi connectivity index (χ2v) is 2.75. The number of hydrogen-bond acceptors (Lipinski definition) is 1. The van der Waals surface area contributed by atoms with Crippen LogP contribution >= 0.6 is 0 Å². The lowest BCUT2D eigenvalue weighted by Gasteiger charge is -2.29. The molecule has 10 heavy (non-hydrogen) atoms. The van der Waals surface area contributed by atoms with E-state index in [2.05, 4.69) is 20.9 Å². The molecule has 0 rings (SSSR count). The highest BCUT2D eigenvalue weighted by molar-refractivity contribution is 4.23. The van der Waals surface area contributed by atoms with Crippen LogP contribution in [0.2, 0.25) is 0 Å². The molecule has 0 aliphatic heterocycles. The first kappa shape index (κ1) is 9.92. The number of hydroxylamine groups is 3. The van der Waals surface area contributed by atoms with Crippen LogP contribution in [0.4, 0.5) is 0 Å². The number of rotatable bonds is 5. The standard InChI is InChI=1S/C8H20NO/c1-5-8-9(4,6-2)10-7-3/h5-8H2,1-4H3/q+1. The van der Waals surface area contributed by atoms with Gasteiger partial charge in [-0.15, -0.1) is 0 Å². The fourth-order valence-electron chi connectivity index (χ4n) is 1.10. The first-order valence-corrected chi connectivity index (χ1v) is 4.17. The normalized spacial score (nSPS) is 16.8. The Kier molecular flexibility index (Phi) is 4.65. The highest BCUT2D eigenvalue weighted by Gasteiger charge is 2.17. The van der Waals surface area contributed by atoms with Crippen molar-refractivity contribution < 1.29 is 9.48 Å². The maximum absolute atomic E-state index is 5.56. The highest BCUT2D eigenvalue weighted by atomic mass is 16.7. The molecule has 1 atom stereocenters. The monoisotopic (exact) mass is 146 g/mol. The third kappa shape index (κ3) is 3.18. The lowest BCUT2D eigenvalue weighted by Crippen LogP contribution is -2.44. The Morgan fingerprint density at radius 2 is 1.80 bits per heavy atom. The first-order valence-electron chi connectivity index (χ1n) is 4.17. The summed E-state index contributed by atoms with van der Waals surface area (Å²) in [5, 5.41) is 0. The summed E-state index contributed by atoms with van der Waals surface area (Å²) in [5.41, 5.74) is 0. The molecule has 0 aliphatic rings. The SMILES string of the molecule is CCC[N+](C)(CC)OCC. The van der Waals surface area contributed by atoms with Gasteiger partial charge in [-0.25, -0.2) is 4.84 Å². The lowest BCUT2D eigenvalue weighted by molar-refractivity contribution is -1.09. The van der Waals surface area contributed by atoms with Crippen LogP contribution in [-0.2, 0) is 4.84 Å². The van der Waals surface area contributed by atoms with Crippen molar-refractivity contribution in [3.8, 4) is 0 Å². The van der Waals surface area contributed by atoms with Crippen molar-refractivity contribution in [3.05, 3.63) is 0 Å². The van der Waals surface area contributed by atoms with E-state index in [1.165, 1.54) is 6.42 Å². The van der Waals surface area contributed by atoms with Gasteiger partial charge in [0, 0.05) is 0 Å². The van der Waals surface area contributed by atoms with Gasteiger partial charge < -0.3 is 0 Å². The Hall–Kier alpha value is -0.0800. The highest BCUT2D eigenvalue weighted by Crippen LogP contribution is 2.03. The minimum Gasteiger partial charge on any atom is -0.203 e. The van der Waals surface area contributed by atoms with Crippen LogP contribution in [0.3, 0.4) is 0 Å². The van der Waals surface area contributed by atoms with E-state index in [-0.39, 0.29) is 0 Å². The molecule has 0 saturated heterocycles. The summed E-state index contributed by atoms with van der Waals surface area (Å²) < 4.78 is 0.757. The maximum atomic E-state index is 5.56. The summed E-state index contributed by atoms with van der Waals surface area (Å²) in [6.07, 6.45) is 1.18. The van der Waals surface area contributed by atoms with E-state index in [1.54, 1.807) is 0 Å². The van der Waals surface area contributed by atoms with Crippen molar-refractivity contribution in [2.45, 2.75) is 27.2 Å². The molecule has 0 saturated carbocycles. The van der Waals surface area contributed by atoms with E-state index in [0.29, 0.717) is 0 Å². The zero-order chi connectivity index (χ0) is 8.04. The minimum absolute atomic E-state index is 0.757. The fraction of sp³-hybridized carbons (Fsp3) is 1.00. The molecule has 2 nitrogen and oxygen atoms in total. The van der Waals surface area contributed by atoms with Crippen LogP contribution in [0, 0.1) is 0 Å². The molecule has 0 aromatic carbocycles. The van der Waals surface area contributed by atoms with Crippen molar-refractivity contribution in [3.63, 3.8) is 0 Å². The van der Waals surface area contributed by atoms with Crippen LogP contribution in [0.5, 0.6) is 0 Å². The first-order chi connectivity index (χ1) is 4.68. The van der Waals surface area contributed by atoms with Crippen LogP contribution in [0.15, 0.2) is 0 Å². The Balaban J connectivity index is 3.69. The van der Waals surface area contributed by atoms with Gasteiger partial charge in [0.05, 0.1) is 7.05 Å². The molecule has 0 aromatic rings. The van der Waals surface area contributed by atoms with Crippen LogP contribution < -0.4 is 0 Å². The zero-order valence-electron chi connectivity index (χ0n) is 7.68. The molecular formula is C8H20NO+. The van der Waals surface area contributed by atoms with Crippen molar-refractivity contribution >= 4 is 0 Å². The van der Waals surface area contributed by atoms with Gasteiger partial charge in [-0.1, -0.05) is 6.92 Å². The number of quaternary nitrogens is 1. The Morgan fingerprint density at radius 1 is 1.20 bits per heavy atom. The molecule has 0 spiro atoms. The third-order valence-electron chi connectivity index (χ3n) is 1.81.